The Morgan fingerprint density at radius 3 is 2.62 bits per heavy atom. The molecule has 1 saturated heterocycles. The van der Waals surface area contributed by atoms with Crippen LogP contribution in [0.2, 0.25) is 0 Å². The minimum absolute atomic E-state index is 0.00748. The van der Waals surface area contributed by atoms with E-state index in [1.54, 1.807) is 24.3 Å². The summed E-state index contributed by atoms with van der Waals surface area (Å²) in [4.78, 5) is 17.1. The van der Waals surface area contributed by atoms with Gasteiger partial charge in [0.2, 0.25) is 10.0 Å². The fourth-order valence-electron chi connectivity index (χ4n) is 3.35. The van der Waals surface area contributed by atoms with Crippen LogP contribution in [0.25, 0.3) is 11.3 Å². The monoisotopic (exact) mass is 472 g/mol. The van der Waals surface area contributed by atoms with Crippen molar-refractivity contribution in [2.24, 2.45) is 0 Å². The molecular formula is C23H24N2O5S2. The van der Waals surface area contributed by atoms with E-state index in [9.17, 15) is 13.2 Å². The lowest BCUT2D eigenvalue weighted by molar-refractivity contribution is -0.120. The number of thiazole rings is 1. The van der Waals surface area contributed by atoms with E-state index in [1.807, 2.05) is 36.6 Å². The number of aromatic nitrogens is 1. The molecule has 1 fully saturated rings. The van der Waals surface area contributed by atoms with Crippen molar-refractivity contribution in [3.63, 3.8) is 0 Å². The lowest BCUT2D eigenvalue weighted by Crippen LogP contribution is -2.40. The van der Waals surface area contributed by atoms with Gasteiger partial charge in [0.15, 0.2) is 5.78 Å². The van der Waals surface area contributed by atoms with Crippen LogP contribution >= 0.6 is 11.3 Å². The molecule has 0 saturated carbocycles. The number of carbonyl (C=O) groups excluding carboxylic acids is 1. The molecule has 2 aromatic carbocycles. The second-order valence-electron chi connectivity index (χ2n) is 7.49. The lowest BCUT2D eigenvalue weighted by Gasteiger charge is -2.26. The number of Topliss-reactive ketones (excluding diaryl/α,β-unsaturated/α-hetero) is 1. The summed E-state index contributed by atoms with van der Waals surface area (Å²) in [5, 5.41) is 2.57. The van der Waals surface area contributed by atoms with Crippen molar-refractivity contribution in [2.45, 2.75) is 18.2 Å². The van der Waals surface area contributed by atoms with Crippen LogP contribution < -0.4 is 4.74 Å². The van der Waals surface area contributed by atoms with Crippen LogP contribution in [0.1, 0.15) is 10.6 Å². The molecule has 0 N–H and O–H groups in total. The molecule has 3 aromatic rings. The van der Waals surface area contributed by atoms with Crippen LogP contribution in [0, 0.1) is 6.92 Å². The highest BCUT2D eigenvalue weighted by Gasteiger charge is 2.26. The van der Waals surface area contributed by atoms with E-state index in [2.05, 4.69) is 4.98 Å². The maximum Gasteiger partial charge on any atom is 0.243 e. The van der Waals surface area contributed by atoms with Crippen LogP contribution in [0.15, 0.2) is 58.8 Å². The van der Waals surface area contributed by atoms with E-state index < -0.39 is 10.0 Å². The van der Waals surface area contributed by atoms with Gasteiger partial charge < -0.3 is 9.47 Å². The van der Waals surface area contributed by atoms with Gasteiger partial charge in [0, 0.05) is 24.0 Å². The first-order chi connectivity index (χ1) is 15.4. The van der Waals surface area contributed by atoms with E-state index >= 15 is 0 Å². The number of benzene rings is 2. The molecule has 1 aromatic heterocycles. The molecule has 9 heteroatoms. The zero-order valence-corrected chi connectivity index (χ0v) is 19.3. The topological polar surface area (TPSA) is 85.8 Å². The first-order valence-electron chi connectivity index (χ1n) is 10.3. The first kappa shape index (κ1) is 22.6. The van der Waals surface area contributed by atoms with Crippen molar-refractivity contribution in [2.75, 3.05) is 32.9 Å². The summed E-state index contributed by atoms with van der Waals surface area (Å²) in [7, 11) is -3.53. The Kier molecular flexibility index (Phi) is 7.00. The van der Waals surface area contributed by atoms with Crippen molar-refractivity contribution >= 4 is 27.1 Å². The van der Waals surface area contributed by atoms with Gasteiger partial charge in [-0.15, -0.1) is 11.3 Å². The molecule has 1 aliphatic rings. The molecule has 7 nitrogen and oxygen atoms in total. The molecule has 0 atom stereocenters. The summed E-state index contributed by atoms with van der Waals surface area (Å²) in [6, 6.07) is 14.3. The number of ketones is 1. The number of nitrogens with zero attached hydrogens (tertiary/aromatic N) is 2. The molecule has 168 valence electrons. The smallest absolute Gasteiger partial charge is 0.243 e. The zero-order valence-electron chi connectivity index (χ0n) is 17.7. The Morgan fingerprint density at radius 1 is 1.16 bits per heavy atom. The highest BCUT2D eigenvalue weighted by Crippen LogP contribution is 2.25. The summed E-state index contributed by atoms with van der Waals surface area (Å²) < 4.78 is 37.7. The number of rotatable bonds is 8. The molecule has 0 spiro atoms. The Morgan fingerprint density at radius 2 is 1.91 bits per heavy atom. The molecule has 32 heavy (non-hydrogen) atoms. The first-order valence-corrected chi connectivity index (χ1v) is 12.6. The molecule has 0 aliphatic carbocycles. The zero-order chi connectivity index (χ0) is 22.6. The number of morpholine rings is 1. The molecule has 0 bridgehead atoms. The van der Waals surface area contributed by atoms with Gasteiger partial charge in [-0.1, -0.05) is 24.3 Å². The molecule has 2 heterocycles. The third-order valence-electron chi connectivity index (χ3n) is 5.05. The van der Waals surface area contributed by atoms with Gasteiger partial charge in [-0.3, -0.25) is 4.79 Å². The Labute approximate surface area is 191 Å². The van der Waals surface area contributed by atoms with Crippen molar-refractivity contribution in [3.8, 4) is 17.0 Å². The summed E-state index contributed by atoms with van der Waals surface area (Å²) in [6.07, 6.45) is 0.194. The van der Waals surface area contributed by atoms with Gasteiger partial charge in [-0.2, -0.15) is 4.31 Å². The number of ether oxygens (including phenoxy) is 2. The van der Waals surface area contributed by atoms with Gasteiger partial charge in [-0.05, 0) is 36.8 Å². The summed E-state index contributed by atoms with van der Waals surface area (Å²) in [6.45, 7) is 3.51. The number of carbonyl (C=O) groups is 1. The summed E-state index contributed by atoms with van der Waals surface area (Å²) in [5.74, 6) is 0.615. The second-order valence-corrected chi connectivity index (χ2v) is 10.4. The molecule has 4 rings (SSSR count). The molecular weight excluding hydrogens is 448 g/mol. The summed E-state index contributed by atoms with van der Waals surface area (Å²) in [5.41, 5.74) is 2.59. The van der Waals surface area contributed by atoms with E-state index in [-0.39, 0.29) is 23.7 Å². The Hall–Kier alpha value is -2.59. The van der Waals surface area contributed by atoms with Crippen molar-refractivity contribution in [1.82, 2.24) is 9.29 Å². The van der Waals surface area contributed by atoms with Crippen LogP contribution in [0.3, 0.4) is 0 Å². The third kappa shape index (κ3) is 5.42. The predicted octanol–water partition coefficient (Wildman–Crippen LogP) is 3.33. The molecule has 0 radical (unpaired) electrons. The lowest BCUT2D eigenvalue weighted by atomic mass is 10.2. The average Bonchev–Trinajstić information content (AvgIpc) is 3.27. The number of hydrogen-bond acceptors (Lipinski definition) is 7. The van der Waals surface area contributed by atoms with Crippen LogP contribution in [-0.2, 0) is 26.0 Å². The highest BCUT2D eigenvalue weighted by molar-refractivity contribution is 7.89. The predicted molar refractivity (Wildman–Crippen MR) is 123 cm³/mol. The quantitative estimate of drug-likeness (QED) is 0.500. The largest absolute Gasteiger partial charge is 0.486 e. The van der Waals surface area contributed by atoms with Crippen molar-refractivity contribution in [1.29, 1.82) is 0 Å². The molecule has 0 amide bonds. The summed E-state index contributed by atoms with van der Waals surface area (Å²) >= 11 is 1.40. The third-order valence-corrected chi connectivity index (χ3v) is 7.81. The normalized spacial score (nSPS) is 14.9. The van der Waals surface area contributed by atoms with Gasteiger partial charge in [0.05, 0.1) is 30.2 Å². The maximum atomic E-state index is 12.8. The number of hydrogen-bond donors (Lipinski definition) is 0. The van der Waals surface area contributed by atoms with Gasteiger partial charge in [0.25, 0.3) is 0 Å². The molecule has 0 unspecified atom stereocenters. The van der Waals surface area contributed by atoms with Crippen LogP contribution in [0.5, 0.6) is 5.75 Å². The SMILES string of the molecule is Cc1cccc(OCC(=O)Cc2nc(-c3ccc(S(=O)(=O)N4CCOCC4)cc3)cs2)c1. The van der Waals surface area contributed by atoms with E-state index in [0.29, 0.717) is 42.8 Å². The van der Waals surface area contributed by atoms with Crippen molar-refractivity contribution < 1.29 is 22.7 Å². The van der Waals surface area contributed by atoms with E-state index in [0.717, 1.165) is 11.1 Å². The van der Waals surface area contributed by atoms with E-state index in [4.69, 9.17) is 9.47 Å². The number of sulfonamides is 1. The number of aryl methyl sites for hydroxylation is 1. The average molecular weight is 473 g/mol. The highest BCUT2D eigenvalue weighted by atomic mass is 32.2. The fourth-order valence-corrected chi connectivity index (χ4v) is 5.59. The fraction of sp³-hybridized carbons (Fsp3) is 0.304. The van der Waals surface area contributed by atoms with Gasteiger partial charge >= 0.3 is 0 Å². The molecule has 1 aliphatic heterocycles. The maximum absolute atomic E-state index is 12.8. The van der Waals surface area contributed by atoms with Crippen molar-refractivity contribution in [3.05, 3.63) is 64.5 Å². The standard InChI is InChI=1S/C23H24N2O5S2/c1-17-3-2-4-20(13-17)30-15-19(26)14-23-24-22(16-31-23)18-5-7-21(8-6-18)32(27,28)25-9-11-29-12-10-25/h2-8,13,16H,9-12,14-15H2,1H3. The second kappa shape index (κ2) is 9.91. The van der Waals surface area contributed by atoms with Crippen LogP contribution in [0.4, 0.5) is 0 Å². The minimum atomic E-state index is -3.53. The van der Waals surface area contributed by atoms with Crippen LogP contribution in [-0.4, -0.2) is 56.4 Å². The van der Waals surface area contributed by atoms with E-state index in [1.165, 1.54) is 15.6 Å². The van der Waals surface area contributed by atoms with Gasteiger partial charge in [-0.25, -0.2) is 13.4 Å². The Bertz CT molecular complexity index is 1180. The Balaban J connectivity index is 1.37. The van der Waals surface area contributed by atoms with Gasteiger partial charge in [0.1, 0.15) is 17.4 Å². The minimum Gasteiger partial charge on any atom is -0.486 e.